The van der Waals surface area contributed by atoms with Gasteiger partial charge in [0.25, 0.3) is 5.91 Å². The summed E-state index contributed by atoms with van der Waals surface area (Å²) in [4.78, 5) is 12.1. The zero-order valence-corrected chi connectivity index (χ0v) is 11.1. The second-order valence-electron chi connectivity index (χ2n) is 3.72. The number of hydrogen-bond donors (Lipinski definition) is 3. The third kappa shape index (κ3) is 3.33. The molecule has 0 spiro atoms. The summed E-state index contributed by atoms with van der Waals surface area (Å²) in [6.07, 6.45) is 0.595. The summed E-state index contributed by atoms with van der Waals surface area (Å²) < 4.78 is 4.94. The van der Waals surface area contributed by atoms with Gasteiger partial charge >= 0.3 is 0 Å². The van der Waals surface area contributed by atoms with Crippen LogP contribution in [0.5, 0.6) is 11.5 Å². The maximum Gasteiger partial charge on any atom is 0.255 e. The third-order valence-electron chi connectivity index (χ3n) is 2.51. The number of ether oxygens (including phenoxy) is 1. The molecule has 0 aliphatic rings. The van der Waals surface area contributed by atoms with Crippen molar-refractivity contribution >= 4 is 23.1 Å². The van der Waals surface area contributed by atoms with Gasteiger partial charge in [0.15, 0.2) is 0 Å². The highest BCUT2D eigenvalue weighted by atomic mass is 32.1. The van der Waals surface area contributed by atoms with Gasteiger partial charge in [-0.25, -0.2) is 0 Å². The Morgan fingerprint density at radius 3 is 2.72 bits per heavy atom. The standard InChI is InChI=1S/C12H16N2O3S/c1-3-9(11(13)18)14-12(16)8-5-4-7(17-2)6-10(8)15/h4-6,9,15H,3H2,1-2H3,(H2,13,18)(H,14,16). The van der Waals surface area contributed by atoms with E-state index in [0.29, 0.717) is 12.2 Å². The van der Waals surface area contributed by atoms with Crippen LogP contribution >= 0.6 is 12.2 Å². The van der Waals surface area contributed by atoms with E-state index in [1.54, 1.807) is 6.07 Å². The Balaban J connectivity index is 2.87. The van der Waals surface area contributed by atoms with Crippen molar-refractivity contribution in [3.8, 4) is 11.5 Å². The number of methoxy groups -OCH3 is 1. The minimum Gasteiger partial charge on any atom is -0.507 e. The van der Waals surface area contributed by atoms with E-state index in [9.17, 15) is 9.90 Å². The van der Waals surface area contributed by atoms with Crippen molar-refractivity contribution in [2.45, 2.75) is 19.4 Å². The van der Waals surface area contributed by atoms with Crippen LogP contribution in [0.4, 0.5) is 0 Å². The number of benzene rings is 1. The largest absolute Gasteiger partial charge is 0.507 e. The van der Waals surface area contributed by atoms with Crippen LogP contribution < -0.4 is 15.8 Å². The lowest BCUT2D eigenvalue weighted by molar-refractivity contribution is 0.0943. The fourth-order valence-electron chi connectivity index (χ4n) is 1.44. The van der Waals surface area contributed by atoms with Gasteiger partial charge in [-0.15, -0.1) is 0 Å². The predicted molar refractivity (Wildman–Crippen MR) is 73.0 cm³/mol. The number of aromatic hydroxyl groups is 1. The summed E-state index contributed by atoms with van der Waals surface area (Å²) in [6, 6.07) is 4.07. The Morgan fingerprint density at radius 2 is 2.28 bits per heavy atom. The molecule has 6 heteroatoms. The van der Waals surface area contributed by atoms with Gasteiger partial charge in [0.1, 0.15) is 11.5 Å². The number of hydrogen-bond acceptors (Lipinski definition) is 4. The number of thiocarbonyl (C=S) groups is 1. The van der Waals surface area contributed by atoms with Crippen molar-refractivity contribution < 1.29 is 14.6 Å². The number of nitrogens with two attached hydrogens (primary N) is 1. The molecule has 0 bridgehead atoms. The summed E-state index contributed by atoms with van der Waals surface area (Å²) in [6.45, 7) is 1.86. The minimum absolute atomic E-state index is 0.148. The minimum atomic E-state index is -0.421. The Morgan fingerprint density at radius 1 is 1.61 bits per heavy atom. The van der Waals surface area contributed by atoms with E-state index in [0.717, 1.165) is 0 Å². The summed E-state index contributed by atoms with van der Waals surface area (Å²) in [7, 11) is 1.48. The number of carbonyl (C=O) groups is 1. The molecule has 1 aromatic rings. The number of carbonyl (C=O) groups excluding carboxylic acids is 1. The number of phenols is 1. The van der Waals surface area contributed by atoms with Gasteiger partial charge in [-0.2, -0.15) is 0 Å². The Hall–Kier alpha value is -1.82. The SMILES string of the molecule is CCC(NC(=O)c1ccc(OC)cc1O)C(N)=S. The lowest BCUT2D eigenvalue weighted by atomic mass is 10.1. The highest BCUT2D eigenvalue weighted by Gasteiger charge is 2.17. The second-order valence-corrected chi connectivity index (χ2v) is 4.19. The average molecular weight is 268 g/mol. The van der Waals surface area contributed by atoms with Crippen molar-refractivity contribution in [2.24, 2.45) is 5.73 Å². The molecule has 1 rings (SSSR count). The van der Waals surface area contributed by atoms with E-state index in [1.807, 2.05) is 6.92 Å². The molecule has 1 unspecified atom stereocenters. The molecule has 1 amide bonds. The normalized spacial score (nSPS) is 11.7. The van der Waals surface area contributed by atoms with Crippen LogP contribution in [0.2, 0.25) is 0 Å². The number of rotatable bonds is 5. The van der Waals surface area contributed by atoms with E-state index in [2.05, 4.69) is 5.32 Å². The number of phenolic OH excluding ortho intramolecular Hbond substituents is 1. The molecule has 4 N–H and O–H groups in total. The summed E-state index contributed by atoms with van der Waals surface area (Å²) >= 11 is 4.84. The second kappa shape index (κ2) is 6.20. The van der Waals surface area contributed by atoms with E-state index in [4.69, 9.17) is 22.7 Å². The topological polar surface area (TPSA) is 84.6 Å². The van der Waals surface area contributed by atoms with E-state index >= 15 is 0 Å². The Labute approximate surface area is 111 Å². The number of amides is 1. The predicted octanol–water partition coefficient (Wildman–Crippen LogP) is 1.20. The zero-order chi connectivity index (χ0) is 13.7. The summed E-state index contributed by atoms with van der Waals surface area (Å²) in [5, 5.41) is 12.4. The molecular weight excluding hydrogens is 252 g/mol. The van der Waals surface area contributed by atoms with Crippen LogP contribution in [0.1, 0.15) is 23.7 Å². The summed E-state index contributed by atoms with van der Waals surface area (Å²) in [5.74, 6) is -0.0927. The fraction of sp³-hybridized carbons (Fsp3) is 0.333. The molecule has 0 fully saturated rings. The van der Waals surface area contributed by atoms with Crippen molar-refractivity contribution in [1.82, 2.24) is 5.32 Å². The van der Waals surface area contributed by atoms with Crippen LogP contribution in [0.3, 0.4) is 0 Å². The molecule has 0 saturated carbocycles. The summed E-state index contributed by atoms with van der Waals surface area (Å²) in [5.41, 5.74) is 5.65. The third-order valence-corrected chi connectivity index (χ3v) is 2.79. The van der Waals surface area contributed by atoms with Gasteiger partial charge in [-0.05, 0) is 18.6 Å². The fourth-order valence-corrected chi connectivity index (χ4v) is 1.67. The first kappa shape index (κ1) is 14.2. The van der Waals surface area contributed by atoms with Crippen LogP contribution in [0.15, 0.2) is 18.2 Å². The quantitative estimate of drug-likeness (QED) is 0.699. The van der Waals surface area contributed by atoms with Gasteiger partial charge < -0.3 is 20.9 Å². The average Bonchev–Trinajstić information content (AvgIpc) is 2.34. The van der Waals surface area contributed by atoms with E-state index < -0.39 is 5.91 Å². The molecule has 18 heavy (non-hydrogen) atoms. The van der Waals surface area contributed by atoms with E-state index in [-0.39, 0.29) is 22.3 Å². The van der Waals surface area contributed by atoms with Gasteiger partial charge in [-0.1, -0.05) is 19.1 Å². The van der Waals surface area contributed by atoms with E-state index in [1.165, 1.54) is 19.2 Å². The highest BCUT2D eigenvalue weighted by molar-refractivity contribution is 7.80. The monoisotopic (exact) mass is 268 g/mol. The van der Waals surface area contributed by atoms with Crippen molar-refractivity contribution in [1.29, 1.82) is 0 Å². The molecule has 1 aromatic carbocycles. The van der Waals surface area contributed by atoms with Crippen molar-refractivity contribution in [3.05, 3.63) is 23.8 Å². The first-order chi connectivity index (χ1) is 8.49. The van der Waals surface area contributed by atoms with Crippen LogP contribution in [-0.2, 0) is 0 Å². The number of nitrogens with one attached hydrogen (secondary N) is 1. The molecule has 98 valence electrons. The lowest BCUT2D eigenvalue weighted by Crippen LogP contribution is -2.43. The molecular formula is C12H16N2O3S. The maximum absolute atomic E-state index is 11.9. The maximum atomic E-state index is 11.9. The Bertz CT molecular complexity index is 463. The molecule has 0 saturated heterocycles. The van der Waals surface area contributed by atoms with Crippen LogP contribution in [0, 0.1) is 0 Å². The highest BCUT2D eigenvalue weighted by Crippen LogP contribution is 2.23. The van der Waals surface area contributed by atoms with Crippen LogP contribution in [-0.4, -0.2) is 29.2 Å². The molecule has 0 aromatic heterocycles. The molecule has 0 heterocycles. The first-order valence-electron chi connectivity index (χ1n) is 5.46. The van der Waals surface area contributed by atoms with Crippen molar-refractivity contribution in [2.75, 3.05) is 7.11 Å². The molecule has 0 radical (unpaired) electrons. The lowest BCUT2D eigenvalue weighted by Gasteiger charge is -2.16. The van der Waals surface area contributed by atoms with Gasteiger partial charge in [0.05, 0.1) is 23.7 Å². The van der Waals surface area contributed by atoms with Gasteiger partial charge in [0.2, 0.25) is 0 Å². The molecule has 1 atom stereocenters. The molecule has 0 aliphatic carbocycles. The Kier molecular flexibility index (Phi) is 4.91. The van der Waals surface area contributed by atoms with Gasteiger partial charge in [-0.3, -0.25) is 4.79 Å². The van der Waals surface area contributed by atoms with Gasteiger partial charge in [0, 0.05) is 6.07 Å². The smallest absolute Gasteiger partial charge is 0.255 e. The zero-order valence-electron chi connectivity index (χ0n) is 10.3. The first-order valence-corrected chi connectivity index (χ1v) is 5.87. The van der Waals surface area contributed by atoms with Crippen molar-refractivity contribution in [3.63, 3.8) is 0 Å². The van der Waals surface area contributed by atoms with Crippen LogP contribution in [0.25, 0.3) is 0 Å². The molecule has 5 nitrogen and oxygen atoms in total. The molecule has 0 aliphatic heterocycles.